The van der Waals surface area contributed by atoms with E-state index in [1.165, 1.54) is 18.2 Å². The standard InChI is InChI=1S/C17H13F2NO4S/c1-25(22,23)15-3-2-14(16-12(15)7-13(19)17(16)21)24-11-5-9(8-20)4-10(18)6-11/h2-6,13,17,21H,7H2,1H3/t13-,17-/m1/s1. The van der Waals surface area contributed by atoms with Crippen molar-refractivity contribution in [1.82, 2.24) is 0 Å². The molecule has 130 valence electrons. The number of hydrogen-bond donors (Lipinski definition) is 1. The molecule has 0 radical (unpaired) electrons. The summed E-state index contributed by atoms with van der Waals surface area (Å²) in [5, 5.41) is 19.0. The third-order valence-corrected chi connectivity index (χ3v) is 5.12. The molecule has 0 aliphatic heterocycles. The Balaban J connectivity index is 2.12. The van der Waals surface area contributed by atoms with Gasteiger partial charge < -0.3 is 9.84 Å². The number of aliphatic hydroxyl groups excluding tert-OH is 1. The predicted octanol–water partition coefficient (Wildman–Crippen LogP) is 2.82. The van der Waals surface area contributed by atoms with Crippen LogP contribution >= 0.6 is 0 Å². The maximum Gasteiger partial charge on any atom is 0.175 e. The van der Waals surface area contributed by atoms with Crippen LogP contribution in [0.2, 0.25) is 0 Å². The van der Waals surface area contributed by atoms with Crippen LogP contribution in [0.4, 0.5) is 8.78 Å². The number of ether oxygens (including phenoxy) is 1. The number of halogens is 2. The van der Waals surface area contributed by atoms with Gasteiger partial charge in [0.05, 0.1) is 16.5 Å². The number of nitriles is 1. The fourth-order valence-corrected chi connectivity index (χ4v) is 3.85. The van der Waals surface area contributed by atoms with Gasteiger partial charge >= 0.3 is 0 Å². The highest BCUT2D eigenvalue weighted by atomic mass is 32.2. The number of fused-ring (bicyclic) bond motifs is 1. The summed E-state index contributed by atoms with van der Waals surface area (Å²) in [5.41, 5.74) is 0.207. The molecule has 0 spiro atoms. The van der Waals surface area contributed by atoms with Gasteiger partial charge in [0.15, 0.2) is 9.84 Å². The average Bonchev–Trinajstić information content (AvgIpc) is 2.81. The van der Waals surface area contributed by atoms with E-state index >= 15 is 0 Å². The third kappa shape index (κ3) is 3.21. The second-order valence-corrected chi connectivity index (χ2v) is 7.76. The first-order valence-electron chi connectivity index (χ1n) is 7.27. The predicted molar refractivity (Wildman–Crippen MR) is 84.3 cm³/mol. The number of alkyl halides is 1. The number of sulfone groups is 1. The molecule has 0 amide bonds. The molecular weight excluding hydrogens is 352 g/mol. The molecule has 0 unspecified atom stereocenters. The largest absolute Gasteiger partial charge is 0.457 e. The fourth-order valence-electron chi connectivity index (χ4n) is 2.90. The molecule has 2 aromatic rings. The van der Waals surface area contributed by atoms with E-state index in [9.17, 15) is 22.3 Å². The quantitative estimate of drug-likeness (QED) is 0.904. The molecule has 0 bridgehead atoms. The minimum atomic E-state index is -3.62. The van der Waals surface area contributed by atoms with Gasteiger partial charge in [-0.15, -0.1) is 0 Å². The zero-order valence-electron chi connectivity index (χ0n) is 13.0. The van der Waals surface area contributed by atoms with Crippen LogP contribution in [0.15, 0.2) is 35.2 Å². The summed E-state index contributed by atoms with van der Waals surface area (Å²) in [5.74, 6) is -0.688. The van der Waals surface area contributed by atoms with Gasteiger partial charge in [0, 0.05) is 24.3 Å². The van der Waals surface area contributed by atoms with Crippen molar-refractivity contribution in [1.29, 1.82) is 5.26 Å². The van der Waals surface area contributed by atoms with Gasteiger partial charge in [-0.1, -0.05) is 0 Å². The first-order chi connectivity index (χ1) is 11.7. The van der Waals surface area contributed by atoms with Crippen LogP contribution in [-0.2, 0) is 16.3 Å². The molecule has 3 rings (SSSR count). The van der Waals surface area contributed by atoms with Crippen LogP contribution in [-0.4, -0.2) is 26.0 Å². The van der Waals surface area contributed by atoms with E-state index in [0.717, 1.165) is 18.4 Å². The Morgan fingerprint density at radius 2 is 2.04 bits per heavy atom. The van der Waals surface area contributed by atoms with Crippen molar-refractivity contribution in [3.8, 4) is 17.6 Å². The number of hydrogen-bond acceptors (Lipinski definition) is 5. The highest BCUT2D eigenvalue weighted by Crippen LogP contribution is 2.44. The van der Waals surface area contributed by atoms with E-state index in [1.807, 2.05) is 0 Å². The van der Waals surface area contributed by atoms with E-state index in [2.05, 4.69) is 0 Å². The van der Waals surface area contributed by atoms with Crippen molar-refractivity contribution in [3.05, 3.63) is 52.8 Å². The third-order valence-electron chi connectivity index (χ3n) is 3.94. The molecule has 0 heterocycles. The number of benzene rings is 2. The Bertz CT molecular complexity index is 998. The lowest BCUT2D eigenvalue weighted by Crippen LogP contribution is -2.07. The van der Waals surface area contributed by atoms with Crippen LogP contribution in [0, 0.1) is 17.1 Å². The van der Waals surface area contributed by atoms with Gasteiger partial charge in [0.25, 0.3) is 0 Å². The van der Waals surface area contributed by atoms with Crippen LogP contribution in [0.25, 0.3) is 0 Å². The van der Waals surface area contributed by atoms with Crippen LogP contribution in [0.5, 0.6) is 11.5 Å². The topological polar surface area (TPSA) is 87.4 Å². The highest BCUT2D eigenvalue weighted by Gasteiger charge is 2.37. The monoisotopic (exact) mass is 365 g/mol. The number of aliphatic hydroxyl groups is 1. The molecule has 1 aliphatic rings. The van der Waals surface area contributed by atoms with E-state index < -0.39 is 27.9 Å². The Morgan fingerprint density at radius 3 is 2.68 bits per heavy atom. The van der Waals surface area contributed by atoms with Gasteiger partial charge in [0.1, 0.15) is 29.6 Å². The fraction of sp³-hybridized carbons (Fsp3) is 0.235. The summed E-state index contributed by atoms with van der Waals surface area (Å²) in [4.78, 5) is -0.0778. The van der Waals surface area contributed by atoms with Gasteiger partial charge in [-0.2, -0.15) is 5.26 Å². The Morgan fingerprint density at radius 1 is 1.32 bits per heavy atom. The summed E-state index contributed by atoms with van der Waals surface area (Å²) < 4.78 is 56.8. The molecule has 0 aromatic heterocycles. The van der Waals surface area contributed by atoms with Crippen LogP contribution < -0.4 is 4.74 Å². The van der Waals surface area contributed by atoms with E-state index in [1.54, 1.807) is 6.07 Å². The zero-order chi connectivity index (χ0) is 18.4. The lowest BCUT2D eigenvalue weighted by Gasteiger charge is -2.15. The molecule has 2 aromatic carbocycles. The van der Waals surface area contributed by atoms with Crippen molar-refractivity contribution in [2.75, 3.05) is 6.26 Å². The second-order valence-electron chi connectivity index (χ2n) is 5.78. The Hall–Kier alpha value is -2.50. The smallest absolute Gasteiger partial charge is 0.175 e. The van der Waals surface area contributed by atoms with Gasteiger partial charge in [-0.25, -0.2) is 17.2 Å². The minimum absolute atomic E-state index is 0.0136. The highest BCUT2D eigenvalue weighted by molar-refractivity contribution is 7.90. The summed E-state index contributed by atoms with van der Waals surface area (Å²) in [6, 6.07) is 7.67. The maximum absolute atomic E-state index is 14.0. The van der Waals surface area contributed by atoms with Crippen LogP contribution in [0.3, 0.4) is 0 Å². The Kier molecular flexibility index (Phi) is 4.22. The van der Waals surface area contributed by atoms with Gasteiger partial charge in [0.2, 0.25) is 0 Å². The molecule has 8 heteroatoms. The molecule has 2 atom stereocenters. The second kappa shape index (κ2) is 6.10. The van der Waals surface area contributed by atoms with E-state index in [-0.39, 0.29) is 39.5 Å². The lowest BCUT2D eigenvalue weighted by molar-refractivity contribution is 0.0910. The average molecular weight is 365 g/mol. The molecule has 1 N–H and O–H groups in total. The molecule has 25 heavy (non-hydrogen) atoms. The number of rotatable bonds is 3. The molecule has 0 fully saturated rings. The summed E-state index contributed by atoms with van der Waals surface area (Å²) in [6.45, 7) is 0. The molecule has 0 saturated carbocycles. The summed E-state index contributed by atoms with van der Waals surface area (Å²) in [7, 11) is -3.62. The molecule has 5 nitrogen and oxygen atoms in total. The van der Waals surface area contributed by atoms with Crippen molar-refractivity contribution < 1.29 is 27.0 Å². The zero-order valence-corrected chi connectivity index (χ0v) is 13.8. The summed E-state index contributed by atoms with van der Waals surface area (Å²) >= 11 is 0. The van der Waals surface area contributed by atoms with Gasteiger partial charge in [-0.3, -0.25) is 0 Å². The Labute approximate surface area is 143 Å². The normalized spacial score (nSPS) is 19.3. The molecule has 0 saturated heterocycles. The SMILES string of the molecule is CS(=O)(=O)c1ccc(Oc2cc(F)cc(C#N)c2)c2c1C[C@@H](F)[C@H]2O. The molecular formula is C17H13F2NO4S. The van der Waals surface area contributed by atoms with Crippen molar-refractivity contribution >= 4 is 9.84 Å². The van der Waals surface area contributed by atoms with Crippen LogP contribution in [0.1, 0.15) is 22.8 Å². The summed E-state index contributed by atoms with van der Waals surface area (Å²) in [6.07, 6.45) is -2.48. The number of nitrogens with zero attached hydrogens (tertiary/aromatic N) is 1. The van der Waals surface area contributed by atoms with E-state index in [4.69, 9.17) is 10.00 Å². The van der Waals surface area contributed by atoms with Gasteiger partial charge in [-0.05, 0) is 29.8 Å². The lowest BCUT2D eigenvalue weighted by atomic mass is 10.1. The minimum Gasteiger partial charge on any atom is -0.457 e. The van der Waals surface area contributed by atoms with Crippen molar-refractivity contribution in [3.63, 3.8) is 0 Å². The maximum atomic E-state index is 14.0. The van der Waals surface area contributed by atoms with Crippen molar-refractivity contribution in [2.45, 2.75) is 23.6 Å². The van der Waals surface area contributed by atoms with Crippen molar-refractivity contribution in [2.24, 2.45) is 0 Å². The first kappa shape index (κ1) is 17.3. The molecule has 1 aliphatic carbocycles. The first-order valence-corrected chi connectivity index (χ1v) is 9.16. The van der Waals surface area contributed by atoms with E-state index in [0.29, 0.717) is 0 Å².